The van der Waals surface area contributed by atoms with E-state index in [0.29, 0.717) is 5.69 Å². The van der Waals surface area contributed by atoms with Crippen molar-refractivity contribution < 1.29 is 9.59 Å². The molecule has 0 aromatic heterocycles. The molecular formula is C16H17N3O2. The van der Waals surface area contributed by atoms with Crippen LogP contribution in [0.25, 0.3) is 0 Å². The van der Waals surface area contributed by atoms with Crippen LogP contribution < -0.4 is 16.4 Å². The third-order valence-corrected chi connectivity index (χ3v) is 2.84. The number of hydrogen-bond donors (Lipinski definition) is 3. The van der Waals surface area contributed by atoms with Crippen LogP contribution in [-0.4, -0.2) is 18.4 Å². The smallest absolute Gasteiger partial charge is 0.243 e. The van der Waals surface area contributed by atoms with Crippen LogP contribution in [0.3, 0.4) is 0 Å². The molecule has 0 saturated heterocycles. The van der Waals surface area contributed by atoms with Crippen LogP contribution in [0.15, 0.2) is 54.6 Å². The van der Waals surface area contributed by atoms with Crippen molar-refractivity contribution in [1.82, 2.24) is 0 Å². The highest BCUT2D eigenvalue weighted by molar-refractivity contribution is 5.93. The number of amides is 2. The van der Waals surface area contributed by atoms with Gasteiger partial charge in [-0.25, -0.2) is 0 Å². The number of rotatable bonds is 6. The molecule has 0 spiro atoms. The molecule has 0 aliphatic rings. The van der Waals surface area contributed by atoms with Crippen molar-refractivity contribution in [2.45, 2.75) is 6.42 Å². The number of anilines is 2. The lowest BCUT2D eigenvalue weighted by atomic mass is 10.1. The summed E-state index contributed by atoms with van der Waals surface area (Å²) in [7, 11) is 0. The number of nitrogens with one attached hydrogen (secondary N) is 2. The summed E-state index contributed by atoms with van der Waals surface area (Å²) in [5.74, 6) is -0.514. The second-order valence-corrected chi connectivity index (χ2v) is 4.61. The highest BCUT2D eigenvalue weighted by Crippen LogP contribution is 2.10. The molecule has 5 heteroatoms. The van der Waals surface area contributed by atoms with Gasteiger partial charge in [-0.05, 0) is 29.8 Å². The van der Waals surface area contributed by atoms with E-state index < -0.39 is 0 Å². The van der Waals surface area contributed by atoms with E-state index in [-0.39, 0.29) is 24.8 Å². The maximum absolute atomic E-state index is 11.8. The number of para-hydroxylation sites is 1. The Kier molecular flexibility index (Phi) is 4.93. The molecular weight excluding hydrogens is 266 g/mol. The van der Waals surface area contributed by atoms with E-state index in [2.05, 4.69) is 10.6 Å². The van der Waals surface area contributed by atoms with Gasteiger partial charge >= 0.3 is 0 Å². The zero-order valence-electron chi connectivity index (χ0n) is 11.5. The Morgan fingerprint density at radius 3 is 2.19 bits per heavy atom. The van der Waals surface area contributed by atoms with Crippen molar-refractivity contribution in [1.29, 1.82) is 0 Å². The first-order valence-corrected chi connectivity index (χ1v) is 6.59. The summed E-state index contributed by atoms with van der Waals surface area (Å²) < 4.78 is 0. The van der Waals surface area contributed by atoms with E-state index in [4.69, 9.17) is 5.73 Å². The summed E-state index contributed by atoms with van der Waals surface area (Å²) in [6.45, 7) is 0.188. The number of benzene rings is 2. The van der Waals surface area contributed by atoms with Gasteiger partial charge in [0, 0.05) is 11.4 Å². The minimum Gasteiger partial charge on any atom is -0.376 e. The maximum atomic E-state index is 11.8. The molecule has 2 amide bonds. The van der Waals surface area contributed by atoms with Gasteiger partial charge in [-0.2, -0.15) is 0 Å². The van der Waals surface area contributed by atoms with Gasteiger partial charge in [-0.15, -0.1) is 0 Å². The number of primary amides is 1. The molecule has 0 heterocycles. The Morgan fingerprint density at radius 1 is 0.905 bits per heavy atom. The third-order valence-electron chi connectivity index (χ3n) is 2.84. The molecule has 2 aromatic carbocycles. The third kappa shape index (κ3) is 4.99. The molecule has 2 aromatic rings. The molecule has 0 atom stereocenters. The number of carbonyl (C=O) groups is 2. The molecule has 0 unspecified atom stereocenters. The first-order valence-electron chi connectivity index (χ1n) is 6.59. The minimum absolute atomic E-state index is 0.137. The number of nitrogens with two attached hydrogens (primary N) is 1. The van der Waals surface area contributed by atoms with Gasteiger partial charge in [-0.3, -0.25) is 9.59 Å². The fourth-order valence-electron chi connectivity index (χ4n) is 1.85. The molecule has 0 bridgehead atoms. The summed E-state index contributed by atoms with van der Waals surface area (Å²) in [6.07, 6.45) is 0.198. The van der Waals surface area contributed by atoms with E-state index in [1.165, 1.54) is 0 Å². The Balaban J connectivity index is 1.83. The molecule has 4 N–H and O–H groups in total. The van der Waals surface area contributed by atoms with Crippen molar-refractivity contribution in [2.24, 2.45) is 5.73 Å². The highest BCUT2D eigenvalue weighted by Gasteiger charge is 2.03. The van der Waals surface area contributed by atoms with Gasteiger partial charge < -0.3 is 16.4 Å². The summed E-state index contributed by atoms with van der Waals surface area (Å²) >= 11 is 0. The fraction of sp³-hybridized carbons (Fsp3) is 0.125. The minimum atomic E-state index is -0.376. The number of hydrogen-bond acceptors (Lipinski definition) is 3. The van der Waals surface area contributed by atoms with Crippen LogP contribution in [0.1, 0.15) is 5.56 Å². The molecule has 0 saturated carbocycles. The lowest BCUT2D eigenvalue weighted by Crippen LogP contribution is -2.21. The first-order chi connectivity index (χ1) is 10.1. The maximum Gasteiger partial charge on any atom is 0.243 e. The first kappa shape index (κ1) is 14.6. The average molecular weight is 283 g/mol. The van der Waals surface area contributed by atoms with Crippen LogP contribution in [0.5, 0.6) is 0 Å². The lowest BCUT2D eigenvalue weighted by molar-refractivity contribution is -0.117. The normalized spacial score (nSPS) is 9.90. The van der Waals surface area contributed by atoms with Crippen LogP contribution in [0, 0.1) is 0 Å². The summed E-state index contributed by atoms with van der Waals surface area (Å²) in [5.41, 5.74) is 7.52. The van der Waals surface area contributed by atoms with E-state index in [1.807, 2.05) is 30.3 Å². The zero-order chi connectivity index (χ0) is 15.1. The monoisotopic (exact) mass is 283 g/mol. The molecule has 0 aliphatic carbocycles. The van der Waals surface area contributed by atoms with Gasteiger partial charge in [0.1, 0.15) is 0 Å². The second-order valence-electron chi connectivity index (χ2n) is 4.61. The Hall–Kier alpha value is -2.82. The molecule has 2 rings (SSSR count). The SMILES string of the molecule is NC(=O)Cc1ccc(NC(=O)CNc2ccccc2)cc1. The van der Waals surface area contributed by atoms with Gasteiger partial charge in [0.2, 0.25) is 11.8 Å². The quantitative estimate of drug-likeness (QED) is 0.755. The molecule has 0 radical (unpaired) electrons. The van der Waals surface area contributed by atoms with E-state index in [9.17, 15) is 9.59 Å². The Labute approximate surface area is 123 Å². The van der Waals surface area contributed by atoms with E-state index >= 15 is 0 Å². The van der Waals surface area contributed by atoms with Gasteiger partial charge in [0.05, 0.1) is 13.0 Å². The average Bonchev–Trinajstić information content (AvgIpc) is 2.48. The molecule has 0 fully saturated rings. The van der Waals surface area contributed by atoms with Crippen LogP contribution in [0.2, 0.25) is 0 Å². The van der Waals surface area contributed by atoms with Crippen LogP contribution in [0.4, 0.5) is 11.4 Å². The molecule has 5 nitrogen and oxygen atoms in total. The lowest BCUT2D eigenvalue weighted by Gasteiger charge is -2.08. The Morgan fingerprint density at radius 2 is 1.57 bits per heavy atom. The predicted molar refractivity (Wildman–Crippen MR) is 82.9 cm³/mol. The highest BCUT2D eigenvalue weighted by atomic mass is 16.2. The van der Waals surface area contributed by atoms with Crippen molar-refractivity contribution in [3.63, 3.8) is 0 Å². The van der Waals surface area contributed by atoms with E-state index in [0.717, 1.165) is 11.3 Å². The van der Waals surface area contributed by atoms with Crippen molar-refractivity contribution in [3.8, 4) is 0 Å². The summed E-state index contributed by atoms with van der Waals surface area (Å²) in [4.78, 5) is 22.6. The van der Waals surface area contributed by atoms with Crippen LogP contribution >= 0.6 is 0 Å². The molecule has 0 aliphatic heterocycles. The zero-order valence-corrected chi connectivity index (χ0v) is 11.5. The largest absolute Gasteiger partial charge is 0.376 e. The Bertz CT molecular complexity index is 609. The number of carbonyl (C=O) groups excluding carboxylic acids is 2. The van der Waals surface area contributed by atoms with E-state index in [1.54, 1.807) is 24.3 Å². The van der Waals surface area contributed by atoms with Crippen LogP contribution in [-0.2, 0) is 16.0 Å². The summed E-state index contributed by atoms with van der Waals surface area (Å²) in [5, 5.41) is 5.80. The van der Waals surface area contributed by atoms with Gasteiger partial charge in [0.25, 0.3) is 0 Å². The molecule has 108 valence electrons. The van der Waals surface area contributed by atoms with Gasteiger partial charge in [0.15, 0.2) is 0 Å². The van der Waals surface area contributed by atoms with Crippen molar-refractivity contribution in [2.75, 3.05) is 17.2 Å². The fourth-order valence-corrected chi connectivity index (χ4v) is 1.85. The van der Waals surface area contributed by atoms with Crippen molar-refractivity contribution >= 4 is 23.2 Å². The van der Waals surface area contributed by atoms with Crippen molar-refractivity contribution in [3.05, 3.63) is 60.2 Å². The second kappa shape index (κ2) is 7.09. The standard InChI is InChI=1S/C16H17N3O2/c17-15(20)10-12-6-8-14(9-7-12)19-16(21)11-18-13-4-2-1-3-5-13/h1-9,18H,10-11H2,(H2,17,20)(H,19,21). The predicted octanol–water partition coefficient (Wildman–Crippen LogP) is 1.76. The van der Waals surface area contributed by atoms with Gasteiger partial charge in [-0.1, -0.05) is 30.3 Å². The topological polar surface area (TPSA) is 84.2 Å². The summed E-state index contributed by atoms with van der Waals surface area (Å²) in [6, 6.07) is 16.5. The molecule has 21 heavy (non-hydrogen) atoms.